The fourth-order valence-electron chi connectivity index (χ4n) is 4.06. The predicted molar refractivity (Wildman–Crippen MR) is 148 cm³/mol. The van der Waals surface area contributed by atoms with Gasteiger partial charge in [-0.2, -0.15) is 0 Å². The second-order valence-corrected chi connectivity index (χ2v) is 11.2. The Morgan fingerprint density at radius 1 is 0.658 bits per heavy atom. The van der Waals surface area contributed by atoms with Crippen molar-refractivity contribution in [3.63, 3.8) is 0 Å². The number of carbonyl (C=O) groups is 3. The van der Waals surface area contributed by atoms with Crippen molar-refractivity contribution in [2.24, 2.45) is 5.92 Å². The highest BCUT2D eigenvalue weighted by molar-refractivity contribution is 7.99. The molecule has 0 aliphatic heterocycles. The van der Waals surface area contributed by atoms with Crippen LogP contribution in [0.4, 0.5) is 0 Å². The molecule has 1 aliphatic carbocycles. The van der Waals surface area contributed by atoms with Gasteiger partial charge in [0.25, 0.3) is 0 Å². The predicted octanol–water partition coefficient (Wildman–Crippen LogP) is 7.33. The zero-order chi connectivity index (χ0) is 26.8. The number of fused-ring (bicyclic) bond motifs is 2. The van der Waals surface area contributed by atoms with E-state index in [0.29, 0.717) is 32.9 Å². The van der Waals surface area contributed by atoms with E-state index < -0.39 is 0 Å². The zero-order valence-corrected chi connectivity index (χ0v) is 22.7. The van der Waals surface area contributed by atoms with Crippen LogP contribution in [0.5, 0.6) is 11.5 Å². The Kier molecular flexibility index (Phi) is 7.40. The maximum Gasteiger partial charge on any atom is 0.313 e. The number of esters is 1. The summed E-state index contributed by atoms with van der Waals surface area (Å²) in [5, 5.41) is 0. The molecule has 0 saturated heterocycles. The third-order valence-corrected chi connectivity index (χ3v) is 8.16. The Bertz CT molecular complexity index is 1540. The van der Waals surface area contributed by atoms with E-state index in [1.54, 1.807) is 51.3 Å². The number of hydrogen-bond donors (Lipinski definition) is 0. The number of benzene rings is 4. The zero-order valence-electron chi connectivity index (χ0n) is 21.0. The Hall–Kier alpha value is -3.81. The standard InChI is InChI=1S/C31H24O5S2/c1-18(2)31(34)36-20-12-16-22(17-13-20)38-26-9-5-7-24-28(26)30(33)23-6-4-8-25(27(23)29(24)32)37-21-14-10-19(35-3)11-15-21/h4-18H,1-3H3. The molecule has 0 heterocycles. The average Bonchev–Trinajstić information content (AvgIpc) is 2.93. The first-order chi connectivity index (χ1) is 18.4. The summed E-state index contributed by atoms with van der Waals surface area (Å²) in [6, 6.07) is 25.5. The molecule has 4 aromatic carbocycles. The number of methoxy groups -OCH3 is 1. The summed E-state index contributed by atoms with van der Waals surface area (Å²) in [7, 11) is 1.61. The van der Waals surface area contributed by atoms with E-state index in [-0.39, 0.29) is 23.5 Å². The van der Waals surface area contributed by atoms with Crippen molar-refractivity contribution in [2.45, 2.75) is 33.4 Å². The van der Waals surface area contributed by atoms with E-state index in [1.807, 2.05) is 54.6 Å². The lowest BCUT2D eigenvalue weighted by Gasteiger charge is -2.22. The van der Waals surface area contributed by atoms with Gasteiger partial charge in [0.2, 0.25) is 0 Å². The van der Waals surface area contributed by atoms with E-state index in [4.69, 9.17) is 9.47 Å². The molecule has 0 spiro atoms. The molecular formula is C31H24O5S2. The van der Waals surface area contributed by atoms with Gasteiger partial charge in [0.1, 0.15) is 11.5 Å². The second-order valence-electron chi connectivity index (χ2n) is 8.94. The third-order valence-electron chi connectivity index (χ3n) is 6.02. The minimum absolute atomic E-state index is 0.162. The smallest absolute Gasteiger partial charge is 0.313 e. The van der Waals surface area contributed by atoms with Gasteiger partial charge in [-0.3, -0.25) is 14.4 Å². The van der Waals surface area contributed by atoms with Gasteiger partial charge in [0.05, 0.1) is 13.0 Å². The summed E-state index contributed by atoms with van der Waals surface area (Å²) >= 11 is 2.84. The molecule has 0 atom stereocenters. The molecule has 0 N–H and O–H groups in total. The first-order valence-corrected chi connectivity index (χ1v) is 13.7. The number of rotatable bonds is 7. The van der Waals surface area contributed by atoms with Crippen LogP contribution in [0.1, 0.15) is 45.7 Å². The maximum absolute atomic E-state index is 13.7. The van der Waals surface area contributed by atoms with Crippen LogP contribution in [-0.4, -0.2) is 24.6 Å². The van der Waals surface area contributed by atoms with Gasteiger partial charge in [0, 0.05) is 41.8 Å². The van der Waals surface area contributed by atoms with Crippen LogP contribution >= 0.6 is 23.5 Å². The first kappa shape index (κ1) is 25.8. The average molecular weight is 541 g/mol. The first-order valence-electron chi connectivity index (χ1n) is 12.0. The van der Waals surface area contributed by atoms with Crippen LogP contribution in [-0.2, 0) is 4.79 Å². The van der Waals surface area contributed by atoms with E-state index in [2.05, 4.69) is 0 Å². The molecule has 0 radical (unpaired) electrons. The normalized spacial score (nSPS) is 12.2. The lowest BCUT2D eigenvalue weighted by molar-refractivity contribution is -0.137. The second kappa shape index (κ2) is 10.9. The van der Waals surface area contributed by atoms with Crippen molar-refractivity contribution in [1.29, 1.82) is 0 Å². The van der Waals surface area contributed by atoms with Crippen LogP contribution in [0, 0.1) is 5.92 Å². The van der Waals surface area contributed by atoms with Crippen molar-refractivity contribution in [3.8, 4) is 11.5 Å². The van der Waals surface area contributed by atoms with Crippen LogP contribution < -0.4 is 9.47 Å². The molecule has 0 amide bonds. The molecule has 0 aromatic heterocycles. The number of hydrogen-bond acceptors (Lipinski definition) is 7. The molecule has 1 aliphatic rings. The van der Waals surface area contributed by atoms with Gasteiger partial charge in [0.15, 0.2) is 11.6 Å². The molecule has 38 heavy (non-hydrogen) atoms. The molecular weight excluding hydrogens is 516 g/mol. The fraction of sp³-hybridized carbons (Fsp3) is 0.129. The Morgan fingerprint density at radius 3 is 1.53 bits per heavy atom. The lowest BCUT2D eigenvalue weighted by atomic mass is 9.84. The third kappa shape index (κ3) is 5.12. The minimum atomic E-state index is -0.296. The summed E-state index contributed by atoms with van der Waals surface area (Å²) in [6.45, 7) is 3.56. The topological polar surface area (TPSA) is 69.7 Å². The van der Waals surface area contributed by atoms with Gasteiger partial charge in [-0.05, 0) is 60.7 Å². The molecule has 0 unspecified atom stereocenters. The Labute approximate surface area is 229 Å². The van der Waals surface area contributed by atoms with Crippen LogP contribution in [0.15, 0.2) is 105 Å². The lowest BCUT2D eigenvalue weighted by Crippen LogP contribution is -2.22. The van der Waals surface area contributed by atoms with E-state index >= 15 is 0 Å². The number of ketones is 2. The molecule has 0 bridgehead atoms. The van der Waals surface area contributed by atoms with Crippen molar-refractivity contribution in [2.75, 3.05) is 7.11 Å². The number of ether oxygens (including phenoxy) is 2. The highest BCUT2D eigenvalue weighted by atomic mass is 32.2. The fourth-order valence-corrected chi connectivity index (χ4v) is 6.01. The van der Waals surface area contributed by atoms with Gasteiger partial charge < -0.3 is 9.47 Å². The highest BCUT2D eigenvalue weighted by Gasteiger charge is 2.33. The highest BCUT2D eigenvalue weighted by Crippen LogP contribution is 2.41. The summed E-state index contributed by atoms with van der Waals surface area (Å²) in [4.78, 5) is 42.6. The van der Waals surface area contributed by atoms with Crippen molar-refractivity contribution in [1.82, 2.24) is 0 Å². The van der Waals surface area contributed by atoms with Crippen LogP contribution in [0.25, 0.3) is 0 Å². The quantitative estimate of drug-likeness (QED) is 0.158. The van der Waals surface area contributed by atoms with E-state index in [1.165, 1.54) is 23.5 Å². The largest absolute Gasteiger partial charge is 0.497 e. The summed E-state index contributed by atoms with van der Waals surface area (Å²) in [6.07, 6.45) is 0. The molecule has 0 saturated carbocycles. The summed E-state index contributed by atoms with van der Waals surface area (Å²) in [5.41, 5.74) is 1.66. The molecule has 7 heteroatoms. The molecule has 4 aromatic rings. The maximum atomic E-state index is 13.7. The molecule has 0 fully saturated rings. The van der Waals surface area contributed by atoms with Crippen LogP contribution in [0.3, 0.4) is 0 Å². The molecule has 5 rings (SSSR count). The van der Waals surface area contributed by atoms with Gasteiger partial charge in [-0.15, -0.1) is 0 Å². The van der Waals surface area contributed by atoms with Crippen molar-refractivity contribution < 1.29 is 23.9 Å². The summed E-state index contributed by atoms with van der Waals surface area (Å²) < 4.78 is 10.6. The van der Waals surface area contributed by atoms with Crippen molar-refractivity contribution in [3.05, 3.63) is 107 Å². The van der Waals surface area contributed by atoms with E-state index in [9.17, 15) is 14.4 Å². The Morgan fingerprint density at radius 2 is 1.11 bits per heavy atom. The number of carbonyl (C=O) groups excluding carboxylic acids is 3. The SMILES string of the molecule is COc1ccc(Sc2cccc3c2C(=O)c2cccc(Sc4ccc(OC(=O)C(C)C)cc4)c2C3=O)cc1. The van der Waals surface area contributed by atoms with Crippen LogP contribution in [0.2, 0.25) is 0 Å². The van der Waals surface area contributed by atoms with E-state index in [0.717, 1.165) is 20.4 Å². The van der Waals surface area contributed by atoms with Gasteiger partial charge >= 0.3 is 5.97 Å². The van der Waals surface area contributed by atoms with Crippen molar-refractivity contribution >= 4 is 41.1 Å². The van der Waals surface area contributed by atoms with Gasteiger partial charge in [-0.1, -0.05) is 61.6 Å². The Balaban J connectivity index is 1.44. The molecule has 190 valence electrons. The monoisotopic (exact) mass is 540 g/mol. The van der Waals surface area contributed by atoms with Gasteiger partial charge in [-0.25, -0.2) is 0 Å². The minimum Gasteiger partial charge on any atom is -0.497 e. The summed E-state index contributed by atoms with van der Waals surface area (Å²) in [5.74, 6) is 0.365. The molecule has 5 nitrogen and oxygen atoms in total.